The van der Waals surface area contributed by atoms with Gasteiger partial charge in [0, 0.05) is 12.7 Å². The molecule has 2 heterocycles. The van der Waals surface area contributed by atoms with E-state index in [1.165, 1.54) is 0 Å². The van der Waals surface area contributed by atoms with Crippen LogP contribution in [0.1, 0.15) is 61.8 Å². The van der Waals surface area contributed by atoms with Crippen LogP contribution in [0, 0.1) is 12.8 Å². The van der Waals surface area contributed by atoms with Crippen molar-refractivity contribution >= 4 is 22.9 Å². The van der Waals surface area contributed by atoms with Crippen LogP contribution in [-0.4, -0.2) is 35.0 Å². The molecular formula is C18H26N4O3. The van der Waals surface area contributed by atoms with Crippen molar-refractivity contribution in [3.8, 4) is 0 Å². The molecule has 0 bridgehead atoms. The Balaban J connectivity index is 2.43. The number of nitrogens with one attached hydrogen (secondary N) is 2. The highest BCUT2D eigenvalue weighted by Crippen LogP contribution is 2.25. The number of aromatic nitrogens is 2. The average Bonchev–Trinajstić information content (AvgIpc) is 2.93. The van der Waals surface area contributed by atoms with Gasteiger partial charge in [0.05, 0.1) is 16.6 Å². The zero-order chi connectivity index (χ0) is 18.7. The van der Waals surface area contributed by atoms with E-state index in [0.717, 1.165) is 5.69 Å². The fourth-order valence-corrected chi connectivity index (χ4v) is 2.70. The molecule has 0 spiro atoms. The normalized spacial score (nSPS) is 12.6. The molecule has 0 aliphatic heterocycles. The molecule has 2 aromatic heterocycles. The Morgan fingerprint density at radius 2 is 1.92 bits per heavy atom. The molecule has 0 saturated carbocycles. The largest absolute Gasteiger partial charge is 0.357 e. The molecule has 2 rings (SSSR count). The highest BCUT2D eigenvalue weighted by molar-refractivity contribution is 6.07. The molecule has 0 fully saturated rings. The van der Waals surface area contributed by atoms with Gasteiger partial charge in [-0.2, -0.15) is 0 Å². The maximum absolute atomic E-state index is 12.9. The Morgan fingerprint density at radius 1 is 1.24 bits per heavy atom. The molecule has 0 radical (unpaired) electrons. The third-order valence-electron chi connectivity index (χ3n) is 4.05. The van der Waals surface area contributed by atoms with E-state index in [2.05, 4.69) is 20.8 Å². The van der Waals surface area contributed by atoms with Gasteiger partial charge in [0.1, 0.15) is 6.04 Å². The summed E-state index contributed by atoms with van der Waals surface area (Å²) in [5, 5.41) is 9.95. The molecule has 7 nitrogen and oxygen atoms in total. The Hall–Kier alpha value is -2.44. The number of carbonyl (C=O) groups is 2. The topological polar surface area (TPSA) is 97.1 Å². The third-order valence-corrected chi connectivity index (χ3v) is 4.05. The quantitative estimate of drug-likeness (QED) is 0.838. The molecular weight excluding hydrogens is 320 g/mol. The van der Waals surface area contributed by atoms with Crippen molar-refractivity contribution < 1.29 is 14.1 Å². The molecule has 2 aromatic rings. The van der Waals surface area contributed by atoms with E-state index in [-0.39, 0.29) is 23.7 Å². The predicted octanol–water partition coefficient (Wildman–Crippen LogP) is 2.55. The molecule has 0 aliphatic rings. The summed E-state index contributed by atoms with van der Waals surface area (Å²) in [6.45, 7) is 9.77. The lowest BCUT2D eigenvalue weighted by atomic mass is 10.0. The van der Waals surface area contributed by atoms with Gasteiger partial charge >= 0.3 is 0 Å². The monoisotopic (exact) mass is 346 g/mol. The smallest absolute Gasteiger partial charge is 0.259 e. The van der Waals surface area contributed by atoms with Crippen LogP contribution >= 0.6 is 0 Å². The molecule has 136 valence electrons. The van der Waals surface area contributed by atoms with Crippen LogP contribution in [0.3, 0.4) is 0 Å². The van der Waals surface area contributed by atoms with Gasteiger partial charge in [-0.05, 0) is 31.2 Å². The fourth-order valence-electron chi connectivity index (χ4n) is 2.70. The summed E-state index contributed by atoms with van der Waals surface area (Å²) in [7, 11) is 1.56. The van der Waals surface area contributed by atoms with Gasteiger partial charge in [0.2, 0.25) is 5.91 Å². The van der Waals surface area contributed by atoms with E-state index in [9.17, 15) is 9.59 Å². The molecule has 7 heteroatoms. The molecule has 0 aromatic carbocycles. The van der Waals surface area contributed by atoms with Crippen LogP contribution in [0.4, 0.5) is 0 Å². The minimum absolute atomic E-state index is 0.131. The van der Waals surface area contributed by atoms with Crippen molar-refractivity contribution in [3.63, 3.8) is 0 Å². The van der Waals surface area contributed by atoms with Crippen LogP contribution < -0.4 is 10.6 Å². The summed E-state index contributed by atoms with van der Waals surface area (Å²) in [6, 6.07) is 1.16. The minimum Gasteiger partial charge on any atom is -0.357 e. The van der Waals surface area contributed by atoms with E-state index >= 15 is 0 Å². The Labute approximate surface area is 147 Å². The van der Waals surface area contributed by atoms with E-state index < -0.39 is 6.04 Å². The summed E-state index contributed by atoms with van der Waals surface area (Å²) < 4.78 is 5.25. The summed E-state index contributed by atoms with van der Waals surface area (Å²) in [5.41, 5.74) is 2.12. The Bertz CT molecular complexity index is 780. The second-order valence-corrected chi connectivity index (χ2v) is 6.97. The van der Waals surface area contributed by atoms with Crippen molar-refractivity contribution in [1.82, 2.24) is 20.8 Å². The summed E-state index contributed by atoms with van der Waals surface area (Å²) in [4.78, 5) is 29.4. The number of aryl methyl sites for hydroxylation is 1. The maximum Gasteiger partial charge on any atom is 0.259 e. The van der Waals surface area contributed by atoms with Crippen LogP contribution in [0.5, 0.6) is 0 Å². The number of rotatable bonds is 6. The average molecular weight is 346 g/mol. The number of amides is 2. The molecule has 1 atom stereocenters. The van der Waals surface area contributed by atoms with Crippen molar-refractivity contribution in [1.29, 1.82) is 0 Å². The van der Waals surface area contributed by atoms with Gasteiger partial charge < -0.3 is 15.2 Å². The maximum atomic E-state index is 12.9. The molecule has 25 heavy (non-hydrogen) atoms. The first-order valence-corrected chi connectivity index (χ1v) is 8.54. The zero-order valence-corrected chi connectivity index (χ0v) is 15.6. The number of hydrogen-bond acceptors (Lipinski definition) is 5. The number of carbonyl (C=O) groups excluding carboxylic acids is 2. The van der Waals surface area contributed by atoms with Gasteiger partial charge in [0.25, 0.3) is 11.6 Å². The minimum atomic E-state index is -0.594. The van der Waals surface area contributed by atoms with Gasteiger partial charge in [-0.3, -0.25) is 9.59 Å². The molecule has 2 N–H and O–H groups in total. The molecule has 0 aliphatic carbocycles. The van der Waals surface area contributed by atoms with Gasteiger partial charge in [0.15, 0.2) is 0 Å². The lowest BCUT2D eigenvalue weighted by molar-refractivity contribution is -0.122. The number of fused-ring (bicyclic) bond motifs is 1. The first-order valence-electron chi connectivity index (χ1n) is 8.54. The number of hydrogen-bond donors (Lipinski definition) is 2. The van der Waals surface area contributed by atoms with E-state index in [4.69, 9.17) is 4.52 Å². The highest BCUT2D eigenvalue weighted by Gasteiger charge is 2.25. The summed E-state index contributed by atoms with van der Waals surface area (Å²) in [5.74, 6) is -0.135. The Morgan fingerprint density at radius 3 is 2.48 bits per heavy atom. The van der Waals surface area contributed by atoms with E-state index in [0.29, 0.717) is 28.8 Å². The second-order valence-electron chi connectivity index (χ2n) is 6.97. The van der Waals surface area contributed by atoms with E-state index in [1.807, 2.05) is 27.7 Å². The molecule has 2 amide bonds. The standard InChI is InChI=1S/C18H26N4O3/c1-9(2)7-14(17(24)19-6)20-16(23)12-8-13(10(3)4)21-18-15(12)11(5)22-25-18/h8-10,14H,7H2,1-6H3,(H,19,24)(H,20,23). The second kappa shape index (κ2) is 7.63. The van der Waals surface area contributed by atoms with Gasteiger partial charge in [-0.15, -0.1) is 0 Å². The molecule has 0 saturated heterocycles. The first kappa shape index (κ1) is 18.9. The lowest BCUT2D eigenvalue weighted by Crippen LogP contribution is -2.46. The van der Waals surface area contributed by atoms with Crippen molar-refractivity contribution in [2.45, 2.75) is 53.0 Å². The number of likely N-dealkylation sites (N-methyl/N-ethyl adjacent to an activating group) is 1. The number of pyridine rings is 1. The van der Waals surface area contributed by atoms with Crippen molar-refractivity contribution in [3.05, 3.63) is 23.0 Å². The number of nitrogens with zero attached hydrogens (tertiary/aromatic N) is 2. The lowest BCUT2D eigenvalue weighted by Gasteiger charge is -2.19. The highest BCUT2D eigenvalue weighted by atomic mass is 16.5. The Kier molecular flexibility index (Phi) is 5.77. The van der Waals surface area contributed by atoms with Crippen LogP contribution in [0.15, 0.2) is 10.6 Å². The fraction of sp³-hybridized carbons (Fsp3) is 0.556. The SMILES string of the molecule is CNC(=O)C(CC(C)C)NC(=O)c1cc(C(C)C)nc2onc(C)c12. The van der Waals surface area contributed by atoms with Crippen molar-refractivity contribution in [2.75, 3.05) is 7.05 Å². The van der Waals surface area contributed by atoms with Crippen LogP contribution in [0.25, 0.3) is 11.1 Å². The summed E-state index contributed by atoms with van der Waals surface area (Å²) >= 11 is 0. The molecule has 1 unspecified atom stereocenters. The van der Waals surface area contributed by atoms with E-state index in [1.54, 1.807) is 20.0 Å². The van der Waals surface area contributed by atoms with Gasteiger partial charge in [-0.25, -0.2) is 4.98 Å². The van der Waals surface area contributed by atoms with Crippen molar-refractivity contribution in [2.24, 2.45) is 5.92 Å². The zero-order valence-electron chi connectivity index (χ0n) is 15.6. The third kappa shape index (κ3) is 4.15. The predicted molar refractivity (Wildman–Crippen MR) is 95.4 cm³/mol. The first-order chi connectivity index (χ1) is 11.7. The van der Waals surface area contributed by atoms with Crippen LogP contribution in [-0.2, 0) is 4.79 Å². The van der Waals surface area contributed by atoms with Gasteiger partial charge in [-0.1, -0.05) is 32.9 Å². The summed E-state index contributed by atoms with van der Waals surface area (Å²) in [6.07, 6.45) is 0.555. The van der Waals surface area contributed by atoms with Crippen LogP contribution in [0.2, 0.25) is 0 Å².